The molecule has 4 nitrogen and oxygen atoms in total. The van der Waals surface area contributed by atoms with Crippen molar-refractivity contribution in [2.45, 2.75) is 12.5 Å². The maximum absolute atomic E-state index is 5.36. The largest absolute Gasteiger partial charge is 0.379 e. The zero-order valence-electron chi connectivity index (χ0n) is 9.41. The van der Waals surface area contributed by atoms with E-state index < -0.39 is 0 Å². The van der Waals surface area contributed by atoms with Crippen LogP contribution >= 0.6 is 0 Å². The molecule has 0 aromatic rings. The molecule has 0 amide bonds. The predicted octanol–water partition coefficient (Wildman–Crippen LogP) is -0.402. The lowest BCUT2D eigenvalue weighted by Gasteiger charge is -2.20. The van der Waals surface area contributed by atoms with Crippen molar-refractivity contribution in [1.29, 1.82) is 0 Å². The zero-order valence-corrected chi connectivity index (χ0v) is 9.41. The second-order valence-corrected chi connectivity index (χ2v) is 4.11. The first kappa shape index (κ1) is 11.9. The highest BCUT2D eigenvalue weighted by Gasteiger charge is 2.23. The van der Waals surface area contributed by atoms with Gasteiger partial charge in [0.2, 0.25) is 0 Å². The van der Waals surface area contributed by atoms with E-state index in [9.17, 15) is 0 Å². The molecule has 14 heavy (non-hydrogen) atoms. The topological polar surface area (TPSA) is 41.7 Å². The highest BCUT2D eigenvalue weighted by atomic mass is 16.5. The highest BCUT2D eigenvalue weighted by molar-refractivity contribution is 4.80. The molecule has 1 rings (SSSR count). The number of likely N-dealkylation sites (N-methyl/N-ethyl adjacent to an activating group) is 1. The third kappa shape index (κ3) is 3.92. The molecule has 0 saturated carbocycles. The minimum atomic E-state index is 0.625. The lowest BCUT2D eigenvalue weighted by atomic mass is 10.2. The third-order valence-corrected chi connectivity index (χ3v) is 2.79. The summed E-state index contributed by atoms with van der Waals surface area (Å²) in [5, 5.41) is 0. The Kier molecular flexibility index (Phi) is 5.40. The van der Waals surface area contributed by atoms with Crippen LogP contribution in [0.4, 0.5) is 0 Å². The van der Waals surface area contributed by atoms with E-state index in [1.54, 1.807) is 0 Å². The summed E-state index contributed by atoms with van der Waals surface area (Å²) in [5.74, 6) is 0. The van der Waals surface area contributed by atoms with Crippen LogP contribution in [0.1, 0.15) is 6.42 Å². The molecule has 2 N–H and O–H groups in total. The van der Waals surface area contributed by atoms with Crippen LogP contribution in [0.5, 0.6) is 0 Å². The molecule has 0 aromatic heterocycles. The van der Waals surface area contributed by atoms with Crippen molar-refractivity contribution in [2.24, 2.45) is 5.73 Å². The third-order valence-electron chi connectivity index (χ3n) is 2.79. The molecule has 1 atom stereocenters. The number of likely N-dealkylation sites (tertiary alicyclic amines) is 1. The Labute approximate surface area is 87.0 Å². The summed E-state index contributed by atoms with van der Waals surface area (Å²) in [6, 6.07) is 0.726. The number of ether oxygens (including phenoxy) is 1. The van der Waals surface area contributed by atoms with Gasteiger partial charge in [-0.15, -0.1) is 0 Å². The molecule has 1 fully saturated rings. The van der Waals surface area contributed by atoms with Crippen molar-refractivity contribution in [3.63, 3.8) is 0 Å². The van der Waals surface area contributed by atoms with Crippen LogP contribution in [-0.4, -0.2) is 69.3 Å². The Morgan fingerprint density at radius 1 is 1.43 bits per heavy atom. The lowest BCUT2D eigenvalue weighted by molar-refractivity contribution is 0.115. The van der Waals surface area contributed by atoms with Crippen molar-refractivity contribution in [3.05, 3.63) is 0 Å². The summed E-state index contributed by atoms with van der Waals surface area (Å²) < 4.78 is 5.36. The predicted molar refractivity (Wildman–Crippen MR) is 58.4 cm³/mol. The van der Waals surface area contributed by atoms with Gasteiger partial charge in [-0.05, 0) is 27.1 Å². The van der Waals surface area contributed by atoms with Gasteiger partial charge in [-0.1, -0.05) is 0 Å². The summed E-state index contributed by atoms with van der Waals surface area (Å²) in [6.07, 6.45) is 1.28. The van der Waals surface area contributed by atoms with Gasteiger partial charge in [0.25, 0.3) is 0 Å². The average Bonchev–Trinajstić information content (AvgIpc) is 2.61. The molecule has 1 aliphatic rings. The van der Waals surface area contributed by atoms with Crippen LogP contribution in [0.3, 0.4) is 0 Å². The molecule has 1 aliphatic heterocycles. The zero-order chi connectivity index (χ0) is 10.4. The first-order valence-electron chi connectivity index (χ1n) is 5.40. The van der Waals surface area contributed by atoms with E-state index in [0.29, 0.717) is 13.2 Å². The van der Waals surface area contributed by atoms with Gasteiger partial charge in [-0.2, -0.15) is 0 Å². The maximum atomic E-state index is 5.36. The number of nitrogens with zero attached hydrogens (tertiary/aromatic N) is 2. The highest BCUT2D eigenvalue weighted by Crippen LogP contribution is 2.12. The minimum Gasteiger partial charge on any atom is -0.379 e. The Morgan fingerprint density at radius 2 is 2.21 bits per heavy atom. The van der Waals surface area contributed by atoms with Gasteiger partial charge in [-0.3, -0.25) is 4.90 Å². The van der Waals surface area contributed by atoms with Gasteiger partial charge < -0.3 is 15.4 Å². The molecule has 0 bridgehead atoms. The molecule has 0 spiro atoms. The summed E-state index contributed by atoms with van der Waals surface area (Å²) in [5.41, 5.74) is 5.34. The Bertz CT molecular complexity index is 152. The van der Waals surface area contributed by atoms with E-state index in [2.05, 4.69) is 23.9 Å². The quantitative estimate of drug-likeness (QED) is 0.594. The van der Waals surface area contributed by atoms with Gasteiger partial charge >= 0.3 is 0 Å². The molecule has 4 heteroatoms. The smallest absolute Gasteiger partial charge is 0.0594 e. The summed E-state index contributed by atoms with van der Waals surface area (Å²) in [4.78, 5) is 4.77. The van der Waals surface area contributed by atoms with Crippen molar-refractivity contribution in [3.8, 4) is 0 Å². The Hall–Kier alpha value is -0.160. The lowest BCUT2D eigenvalue weighted by Crippen LogP contribution is -2.33. The Morgan fingerprint density at radius 3 is 2.79 bits per heavy atom. The number of rotatable bonds is 6. The SMILES string of the molecule is CN(C)C1CCN(CCOCCN)C1. The fourth-order valence-corrected chi connectivity index (χ4v) is 1.82. The van der Waals surface area contributed by atoms with Gasteiger partial charge in [0.15, 0.2) is 0 Å². The first-order chi connectivity index (χ1) is 6.74. The van der Waals surface area contributed by atoms with Gasteiger partial charge in [0.1, 0.15) is 0 Å². The second-order valence-electron chi connectivity index (χ2n) is 4.11. The first-order valence-corrected chi connectivity index (χ1v) is 5.40. The van der Waals surface area contributed by atoms with Crippen LogP contribution in [0.25, 0.3) is 0 Å². The van der Waals surface area contributed by atoms with Crippen molar-refractivity contribution in [2.75, 3.05) is 53.5 Å². The van der Waals surface area contributed by atoms with Crippen LogP contribution in [0.2, 0.25) is 0 Å². The summed E-state index contributed by atoms with van der Waals surface area (Å²) >= 11 is 0. The molecule has 1 saturated heterocycles. The second kappa shape index (κ2) is 6.35. The number of hydrogen-bond donors (Lipinski definition) is 1. The van der Waals surface area contributed by atoms with Crippen LogP contribution in [0, 0.1) is 0 Å². The van der Waals surface area contributed by atoms with Crippen molar-refractivity contribution in [1.82, 2.24) is 9.80 Å². The summed E-state index contributed by atoms with van der Waals surface area (Å²) in [7, 11) is 4.30. The monoisotopic (exact) mass is 201 g/mol. The molecular weight excluding hydrogens is 178 g/mol. The molecule has 1 unspecified atom stereocenters. The van der Waals surface area contributed by atoms with E-state index in [4.69, 9.17) is 10.5 Å². The standard InChI is InChI=1S/C10H23N3O/c1-12(2)10-3-5-13(9-10)6-8-14-7-4-11/h10H,3-9,11H2,1-2H3. The van der Waals surface area contributed by atoms with E-state index in [0.717, 1.165) is 19.2 Å². The molecule has 1 heterocycles. The molecule has 0 radical (unpaired) electrons. The number of hydrogen-bond acceptors (Lipinski definition) is 4. The molecule has 84 valence electrons. The normalized spacial score (nSPS) is 23.6. The van der Waals surface area contributed by atoms with Crippen molar-refractivity contribution >= 4 is 0 Å². The van der Waals surface area contributed by atoms with Crippen molar-refractivity contribution < 1.29 is 4.74 Å². The Balaban J connectivity index is 2.04. The van der Waals surface area contributed by atoms with Gasteiger partial charge in [-0.25, -0.2) is 0 Å². The van der Waals surface area contributed by atoms with E-state index in [1.807, 2.05) is 0 Å². The van der Waals surface area contributed by atoms with Crippen LogP contribution in [0.15, 0.2) is 0 Å². The van der Waals surface area contributed by atoms with Crippen LogP contribution < -0.4 is 5.73 Å². The molecule has 0 aromatic carbocycles. The van der Waals surface area contributed by atoms with E-state index in [1.165, 1.54) is 19.5 Å². The molecule has 0 aliphatic carbocycles. The fraction of sp³-hybridized carbons (Fsp3) is 1.00. The molecular formula is C10H23N3O. The van der Waals surface area contributed by atoms with E-state index in [-0.39, 0.29) is 0 Å². The summed E-state index contributed by atoms with van der Waals surface area (Å²) in [6.45, 7) is 5.56. The number of nitrogens with two attached hydrogens (primary N) is 1. The minimum absolute atomic E-state index is 0.625. The maximum Gasteiger partial charge on any atom is 0.0594 e. The van der Waals surface area contributed by atoms with Gasteiger partial charge in [0, 0.05) is 25.7 Å². The average molecular weight is 201 g/mol. The van der Waals surface area contributed by atoms with E-state index >= 15 is 0 Å². The van der Waals surface area contributed by atoms with Gasteiger partial charge in [0.05, 0.1) is 13.2 Å². The fourth-order valence-electron chi connectivity index (χ4n) is 1.82. The van der Waals surface area contributed by atoms with Crippen LogP contribution in [-0.2, 0) is 4.74 Å².